The molecule has 2 aliphatic heterocycles. The van der Waals surface area contributed by atoms with Crippen molar-refractivity contribution in [3.63, 3.8) is 0 Å². The zero-order valence-electron chi connectivity index (χ0n) is 16.2. The quantitative estimate of drug-likeness (QED) is 0.874. The van der Waals surface area contributed by atoms with Gasteiger partial charge >= 0.3 is 0 Å². The van der Waals surface area contributed by atoms with Gasteiger partial charge in [-0.3, -0.25) is 14.6 Å². The van der Waals surface area contributed by atoms with Crippen LogP contribution in [0.1, 0.15) is 56.2 Å². The van der Waals surface area contributed by atoms with Crippen molar-refractivity contribution < 1.29 is 9.53 Å². The molecule has 7 heteroatoms. The van der Waals surface area contributed by atoms with E-state index in [-0.39, 0.29) is 23.5 Å². The van der Waals surface area contributed by atoms with Crippen LogP contribution in [0.25, 0.3) is 0 Å². The SMILES string of the molecule is COC1CCC(C(=O)N2CCc3nc(N4CCCCC4)[nH]c(=O)c3C2)CC1. The van der Waals surface area contributed by atoms with E-state index in [9.17, 15) is 9.59 Å². The standard InChI is InChI=1S/C20H30N4O3/c1-27-15-7-5-14(6-8-15)19(26)24-12-9-17-16(13-24)18(25)22-20(21-17)23-10-3-2-4-11-23/h14-15H,2-13H2,1H3,(H,21,22,25). The highest BCUT2D eigenvalue weighted by Gasteiger charge is 2.32. The first-order chi connectivity index (χ1) is 13.2. The Morgan fingerprint density at radius 1 is 1.11 bits per heavy atom. The van der Waals surface area contributed by atoms with E-state index >= 15 is 0 Å². The Morgan fingerprint density at radius 3 is 2.56 bits per heavy atom. The van der Waals surface area contributed by atoms with Crippen molar-refractivity contribution in [3.8, 4) is 0 Å². The zero-order valence-corrected chi connectivity index (χ0v) is 16.2. The molecule has 0 atom stereocenters. The molecule has 1 amide bonds. The van der Waals surface area contributed by atoms with Gasteiger partial charge in [0.05, 0.1) is 23.9 Å². The Bertz CT molecular complexity index is 733. The van der Waals surface area contributed by atoms with Gasteiger partial charge in [-0.05, 0) is 44.9 Å². The lowest BCUT2D eigenvalue weighted by atomic mass is 9.86. The summed E-state index contributed by atoms with van der Waals surface area (Å²) < 4.78 is 5.41. The second-order valence-corrected chi connectivity index (χ2v) is 8.08. The number of nitrogens with zero attached hydrogens (tertiary/aromatic N) is 3. The van der Waals surface area contributed by atoms with E-state index < -0.39 is 0 Å². The van der Waals surface area contributed by atoms with Gasteiger partial charge in [0.25, 0.3) is 5.56 Å². The predicted molar refractivity (Wildman–Crippen MR) is 103 cm³/mol. The smallest absolute Gasteiger partial charge is 0.257 e. The summed E-state index contributed by atoms with van der Waals surface area (Å²) in [6, 6.07) is 0. The largest absolute Gasteiger partial charge is 0.381 e. The first-order valence-electron chi connectivity index (χ1n) is 10.3. The van der Waals surface area contributed by atoms with Gasteiger partial charge in [-0.15, -0.1) is 0 Å². The molecule has 1 saturated heterocycles. The molecule has 0 bridgehead atoms. The van der Waals surface area contributed by atoms with Crippen LogP contribution in [0.15, 0.2) is 4.79 Å². The molecule has 1 saturated carbocycles. The number of anilines is 1. The van der Waals surface area contributed by atoms with Crippen LogP contribution in [0.4, 0.5) is 5.95 Å². The number of aromatic nitrogens is 2. The molecule has 1 N–H and O–H groups in total. The van der Waals surface area contributed by atoms with Crippen molar-refractivity contribution in [1.82, 2.24) is 14.9 Å². The second-order valence-electron chi connectivity index (χ2n) is 8.08. The molecule has 0 radical (unpaired) electrons. The van der Waals surface area contributed by atoms with Crippen LogP contribution in [-0.4, -0.2) is 53.6 Å². The number of fused-ring (bicyclic) bond motifs is 1. The molecule has 0 aromatic carbocycles. The summed E-state index contributed by atoms with van der Waals surface area (Å²) >= 11 is 0. The fourth-order valence-corrected chi connectivity index (χ4v) is 4.66. The van der Waals surface area contributed by atoms with E-state index in [0.29, 0.717) is 31.0 Å². The average molecular weight is 374 g/mol. The highest BCUT2D eigenvalue weighted by Crippen LogP contribution is 2.29. The lowest BCUT2D eigenvalue weighted by Crippen LogP contribution is -2.44. The fourth-order valence-electron chi connectivity index (χ4n) is 4.66. The maximum atomic E-state index is 12.9. The highest BCUT2D eigenvalue weighted by molar-refractivity contribution is 5.79. The number of rotatable bonds is 3. The number of aromatic amines is 1. The number of carbonyl (C=O) groups is 1. The summed E-state index contributed by atoms with van der Waals surface area (Å²) in [5.74, 6) is 0.962. The van der Waals surface area contributed by atoms with Crippen molar-refractivity contribution >= 4 is 11.9 Å². The zero-order chi connectivity index (χ0) is 18.8. The number of hydrogen-bond donors (Lipinski definition) is 1. The van der Waals surface area contributed by atoms with Gasteiger partial charge in [-0.1, -0.05) is 0 Å². The van der Waals surface area contributed by atoms with Crippen molar-refractivity contribution in [2.45, 2.75) is 64.0 Å². The van der Waals surface area contributed by atoms with Crippen LogP contribution in [-0.2, 0) is 22.5 Å². The normalized spacial score (nSPS) is 26.0. The molecule has 1 aliphatic carbocycles. The van der Waals surface area contributed by atoms with E-state index in [1.165, 1.54) is 6.42 Å². The number of methoxy groups -OCH3 is 1. The third kappa shape index (κ3) is 3.88. The minimum atomic E-state index is -0.0823. The second kappa shape index (κ2) is 8.00. The number of H-pyrrole nitrogens is 1. The van der Waals surface area contributed by atoms with Gasteiger partial charge in [0.15, 0.2) is 0 Å². The van der Waals surface area contributed by atoms with E-state index in [2.05, 4.69) is 9.88 Å². The molecule has 148 valence electrons. The average Bonchev–Trinajstić information content (AvgIpc) is 2.73. The third-order valence-electron chi connectivity index (χ3n) is 6.38. The molecular formula is C20H30N4O3. The lowest BCUT2D eigenvalue weighted by molar-refractivity contribution is -0.138. The number of piperidine rings is 1. The third-order valence-corrected chi connectivity index (χ3v) is 6.38. The van der Waals surface area contributed by atoms with Gasteiger partial charge in [-0.25, -0.2) is 4.98 Å². The molecule has 27 heavy (non-hydrogen) atoms. The van der Waals surface area contributed by atoms with Crippen LogP contribution < -0.4 is 10.5 Å². The highest BCUT2D eigenvalue weighted by atomic mass is 16.5. The Morgan fingerprint density at radius 2 is 1.85 bits per heavy atom. The van der Waals surface area contributed by atoms with Crippen LogP contribution in [0, 0.1) is 5.92 Å². The molecule has 0 spiro atoms. The lowest BCUT2D eigenvalue weighted by Gasteiger charge is -2.34. The van der Waals surface area contributed by atoms with Crippen molar-refractivity contribution in [2.75, 3.05) is 31.6 Å². The summed E-state index contributed by atoms with van der Waals surface area (Å²) in [4.78, 5) is 37.3. The predicted octanol–water partition coefficient (Wildman–Crippen LogP) is 1.85. The van der Waals surface area contributed by atoms with Gasteiger partial charge in [0, 0.05) is 39.1 Å². The minimum absolute atomic E-state index is 0.0672. The molecule has 3 heterocycles. The molecule has 1 aromatic rings. The number of carbonyl (C=O) groups excluding carboxylic acids is 1. The molecule has 7 nitrogen and oxygen atoms in total. The van der Waals surface area contributed by atoms with Crippen LogP contribution >= 0.6 is 0 Å². The molecule has 0 unspecified atom stereocenters. The number of ether oxygens (including phenoxy) is 1. The van der Waals surface area contributed by atoms with E-state index in [0.717, 1.165) is 57.3 Å². The van der Waals surface area contributed by atoms with Gasteiger partial charge in [0.1, 0.15) is 0 Å². The molecule has 2 fully saturated rings. The van der Waals surface area contributed by atoms with Gasteiger partial charge < -0.3 is 14.5 Å². The minimum Gasteiger partial charge on any atom is -0.381 e. The van der Waals surface area contributed by atoms with E-state index in [1.807, 2.05) is 4.90 Å². The number of amides is 1. The maximum absolute atomic E-state index is 12.9. The number of nitrogens with one attached hydrogen (secondary N) is 1. The van der Waals surface area contributed by atoms with Crippen molar-refractivity contribution in [2.24, 2.45) is 5.92 Å². The number of hydrogen-bond acceptors (Lipinski definition) is 5. The fraction of sp³-hybridized carbons (Fsp3) is 0.750. The molecule has 3 aliphatic rings. The van der Waals surface area contributed by atoms with E-state index in [1.54, 1.807) is 7.11 Å². The maximum Gasteiger partial charge on any atom is 0.257 e. The topological polar surface area (TPSA) is 78.5 Å². The summed E-state index contributed by atoms with van der Waals surface area (Å²) in [5, 5.41) is 0. The van der Waals surface area contributed by atoms with Crippen LogP contribution in [0.2, 0.25) is 0 Å². The molecule has 1 aromatic heterocycles. The summed E-state index contributed by atoms with van der Waals surface area (Å²) in [5.41, 5.74) is 1.45. The summed E-state index contributed by atoms with van der Waals surface area (Å²) in [6.07, 6.45) is 8.14. The van der Waals surface area contributed by atoms with Crippen molar-refractivity contribution in [3.05, 3.63) is 21.6 Å². The first-order valence-corrected chi connectivity index (χ1v) is 10.3. The van der Waals surface area contributed by atoms with Gasteiger partial charge in [-0.2, -0.15) is 0 Å². The summed E-state index contributed by atoms with van der Waals surface area (Å²) in [6.45, 7) is 2.96. The Balaban J connectivity index is 1.45. The van der Waals surface area contributed by atoms with Gasteiger partial charge in [0.2, 0.25) is 11.9 Å². The van der Waals surface area contributed by atoms with E-state index in [4.69, 9.17) is 9.72 Å². The summed E-state index contributed by atoms with van der Waals surface area (Å²) in [7, 11) is 1.74. The molecular weight excluding hydrogens is 344 g/mol. The monoisotopic (exact) mass is 374 g/mol. The Kier molecular flexibility index (Phi) is 5.48. The Labute approximate surface area is 160 Å². The Hall–Kier alpha value is -1.89. The first kappa shape index (κ1) is 18.5. The van der Waals surface area contributed by atoms with Crippen molar-refractivity contribution in [1.29, 1.82) is 0 Å². The van der Waals surface area contributed by atoms with Crippen LogP contribution in [0.3, 0.4) is 0 Å². The molecule has 4 rings (SSSR count). The van der Waals surface area contributed by atoms with Crippen LogP contribution in [0.5, 0.6) is 0 Å².